The standard InChI is InChI=1S/C24H24Cl2FN5O/c1-13(20-18(25)6-7-19(27)21(20)26)17-11-29-22-16(17)8-14(9-28-22)15-10-30-32(12-15)24(2,3)23(33)31(4)5/h6-13H,1-5H3,(H,28,29). The molecule has 0 radical (unpaired) electrons. The number of benzene rings is 1. The highest BCUT2D eigenvalue weighted by Gasteiger charge is 2.32. The number of rotatable bonds is 5. The average molecular weight is 488 g/mol. The summed E-state index contributed by atoms with van der Waals surface area (Å²) in [6.45, 7) is 5.58. The van der Waals surface area contributed by atoms with E-state index in [1.54, 1.807) is 36.1 Å². The lowest BCUT2D eigenvalue weighted by atomic mass is 9.92. The molecular weight excluding hydrogens is 464 g/mol. The number of likely N-dealkylation sites (N-methyl/N-ethyl adjacent to an activating group) is 1. The highest BCUT2D eigenvalue weighted by Crippen LogP contribution is 2.39. The van der Waals surface area contributed by atoms with Gasteiger partial charge >= 0.3 is 0 Å². The third-order valence-electron chi connectivity index (χ3n) is 5.96. The summed E-state index contributed by atoms with van der Waals surface area (Å²) in [6, 6.07) is 4.77. The molecule has 1 unspecified atom stereocenters. The van der Waals surface area contributed by atoms with Crippen LogP contribution in [0.3, 0.4) is 0 Å². The molecule has 172 valence electrons. The summed E-state index contributed by atoms with van der Waals surface area (Å²) < 4.78 is 15.8. The van der Waals surface area contributed by atoms with Crippen molar-refractivity contribution in [1.82, 2.24) is 24.6 Å². The van der Waals surface area contributed by atoms with Gasteiger partial charge in [0.25, 0.3) is 0 Å². The maximum Gasteiger partial charge on any atom is 0.249 e. The van der Waals surface area contributed by atoms with E-state index in [1.165, 1.54) is 12.1 Å². The van der Waals surface area contributed by atoms with E-state index in [0.29, 0.717) is 16.2 Å². The first-order chi connectivity index (χ1) is 15.5. The zero-order chi connectivity index (χ0) is 24.1. The monoisotopic (exact) mass is 487 g/mol. The van der Waals surface area contributed by atoms with Gasteiger partial charge in [0.1, 0.15) is 17.0 Å². The van der Waals surface area contributed by atoms with Gasteiger partial charge in [-0.1, -0.05) is 30.1 Å². The van der Waals surface area contributed by atoms with Gasteiger partial charge in [0.2, 0.25) is 5.91 Å². The lowest BCUT2D eigenvalue weighted by molar-refractivity contribution is -0.137. The third kappa shape index (κ3) is 4.00. The van der Waals surface area contributed by atoms with Crippen molar-refractivity contribution in [3.8, 4) is 11.1 Å². The first-order valence-electron chi connectivity index (χ1n) is 10.4. The number of aromatic amines is 1. The van der Waals surface area contributed by atoms with Crippen LogP contribution in [0, 0.1) is 5.82 Å². The summed E-state index contributed by atoms with van der Waals surface area (Å²) in [4.78, 5) is 21.8. The second-order valence-electron chi connectivity index (χ2n) is 8.77. The van der Waals surface area contributed by atoms with Crippen LogP contribution in [0.2, 0.25) is 10.0 Å². The number of hydrogen-bond donors (Lipinski definition) is 1. The number of aromatic nitrogens is 4. The van der Waals surface area contributed by atoms with Crippen molar-refractivity contribution in [2.75, 3.05) is 14.1 Å². The van der Waals surface area contributed by atoms with Crippen molar-refractivity contribution in [2.45, 2.75) is 32.2 Å². The van der Waals surface area contributed by atoms with Gasteiger partial charge in [-0.3, -0.25) is 9.48 Å². The molecule has 0 aliphatic heterocycles. The molecule has 0 fully saturated rings. The van der Waals surface area contributed by atoms with Gasteiger partial charge in [-0.05, 0) is 43.2 Å². The molecule has 0 aliphatic carbocycles. The summed E-state index contributed by atoms with van der Waals surface area (Å²) in [5.74, 6) is -0.842. The molecule has 9 heteroatoms. The van der Waals surface area contributed by atoms with E-state index in [4.69, 9.17) is 23.2 Å². The van der Waals surface area contributed by atoms with Crippen LogP contribution in [0.5, 0.6) is 0 Å². The number of halogens is 3. The van der Waals surface area contributed by atoms with Gasteiger partial charge in [-0.15, -0.1) is 0 Å². The summed E-state index contributed by atoms with van der Waals surface area (Å²) in [5, 5.41) is 5.72. The highest BCUT2D eigenvalue weighted by molar-refractivity contribution is 6.36. The van der Waals surface area contributed by atoms with Crippen LogP contribution in [0.15, 0.2) is 43.0 Å². The Kier molecular flexibility index (Phi) is 5.97. The molecule has 1 amide bonds. The predicted octanol–water partition coefficient (Wildman–Crippen LogP) is 5.85. The third-order valence-corrected chi connectivity index (χ3v) is 6.67. The van der Waals surface area contributed by atoms with Gasteiger partial charge in [0.15, 0.2) is 0 Å². The maximum atomic E-state index is 14.1. The second kappa shape index (κ2) is 8.47. The number of hydrogen-bond acceptors (Lipinski definition) is 3. The van der Waals surface area contributed by atoms with E-state index in [2.05, 4.69) is 15.1 Å². The van der Waals surface area contributed by atoms with Crippen LogP contribution < -0.4 is 0 Å². The number of amides is 1. The Bertz CT molecular complexity index is 1360. The van der Waals surface area contributed by atoms with Gasteiger partial charge < -0.3 is 9.88 Å². The van der Waals surface area contributed by atoms with Crippen LogP contribution in [-0.2, 0) is 10.3 Å². The number of pyridine rings is 1. The van der Waals surface area contributed by atoms with Crippen molar-refractivity contribution in [3.05, 3.63) is 70.0 Å². The fourth-order valence-corrected chi connectivity index (χ4v) is 4.76. The number of fused-ring (bicyclic) bond motifs is 1. The molecule has 0 aliphatic rings. The topological polar surface area (TPSA) is 66.8 Å². The van der Waals surface area contributed by atoms with E-state index in [9.17, 15) is 9.18 Å². The SMILES string of the molecule is CC(c1c(Cl)ccc(F)c1Cl)c1c[nH]c2ncc(-c3cnn(C(C)(C)C(=O)N(C)C)c3)cc12. The van der Waals surface area contributed by atoms with E-state index in [-0.39, 0.29) is 16.8 Å². The largest absolute Gasteiger partial charge is 0.347 e. The zero-order valence-corrected chi connectivity index (χ0v) is 20.5. The maximum absolute atomic E-state index is 14.1. The van der Waals surface area contributed by atoms with E-state index in [0.717, 1.165) is 22.1 Å². The molecule has 0 saturated heterocycles. The molecule has 0 bridgehead atoms. The van der Waals surface area contributed by atoms with Crippen molar-refractivity contribution in [1.29, 1.82) is 0 Å². The predicted molar refractivity (Wildman–Crippen MR) is 129 cm³/mol. The Morgan fingerprint density at radius 3 is 2.64 bits per heavy atom. The normalized spacial score (nSPS) is 12.8. The fraction of sp³-hybridized carbons (Fsp3) is 0.292. The minimum absolute atomic E-state index is 0.0162. The van der Waals surface area contributed by atoms with Crippen molar-refractivity contribution < 1.29 is 9.18 Å². The molecule has 0 spiro atoms. The number of nitrogens with zero attached hydrogens (tertiary/aromatic N) is 4. The fourth-order valence-electron chi connectivity index (χ4n) is 4.06. The lowest BCUT2D eigenvalue weighted by Crippen LogP contribution is -2.44. The average Bonchev–Trinajstić information content (AvgIpc) is 3.43. The van der Waals surface area contributed by atoms with Crippen molar-refractivity contribution >= 4 is 40.1 Å². The summed E-state index contributed by atoms with van der Waals surface area (Å²) >= 11 is 12.6. The Labute approximate surface area is 201 Å². The Balaban J connectivity index is 1.76. The van der Waals surface area contributed by atoms with Crippen LogP contribution in [-0.4, -0.2) is 44.7 Å². The summed E-state index contributed by atoms with van der Waals surface area (Å²) in [7, 11) is 3.44. The van der Waals surface area contributed by atoms with E-state index in [1.807, 2.05) is 39.2 Å². The lowest BCUT2D eigenvalue weighted by Gasteiger charge is -2.27. The van der Waals surface area contributed by atoms with E-state index >= 15 is 0 Å². The molecule has 1 aromatic carbocycles. The summed E-state index contributed by atoms with van der Waals surface area (Å²) in [6.07, 6.45) is 7.13. The van der Waals surface area contributed by atoms with Gasteiger partial charge in [-0.2, -0.15) is 5.10 Å². The zero-order valence-electron chi connectivity index (χ0n) is 18.9. The first-order valence-corrected chi connectivity index (χ1v) is 11.2. The van der Waals surface area contributed by atoms with Gasteiger partial charge in [0, 0.05) is 60.1 Å². The van der Waals surface area contributed by atoms with Crippen LogP contribution in [0.4, 0.5) is 4.39 Å². The van der Waals surface area contributed by atoms with Gasteiger partial charge in [-0.25, -0.2) is 9.37 Å². The minimum Gasteiger partial charge on any atom is -0.347 e. The first kappa shape index (κ1) is 23.3. The molecule has 0 saturated carbocycles. The number of carbonyl (C=O) groups is 1. The van der Waals surface area contributed by atoms with E-state index < -0.39 is 11.4 Å². The molecule has 3 aromatic heterocycles. The molecular formula is C24H24Cl2FN5O. The molecule has 4 aromatic rings. The number of carbonyl (C=O) groups excluding carboxylic acids is 1. The van der Waals surface area contributed by atoms with Crippen molar-refractivity contribution in [2.24, 2.45) is 0 Å². The number of H-pyrrole nitrogens is 1. The Morgan fingerprint density at radius 1 is 1.21 bits per heavy atom. The van der Waals surface area contributed by atoms with Crippen LogP contribution in [0.25, 0.3) is 22.2 Å². The second-order valence-corrected chi connectivity index (χ2v) is 9.56. The van der Waals surface area contributed by atoms with Gasteiger partial charge in [0.05, 0.1) is 11.2 Å². The number of nitrogens with one attached hydrogen (secondary N) is 1. The van der Waals surface area contributed by atoms with Crippen molar-refractivity contribution in [3.63, 3.8) is 0 Å². The minimum atomic E-state index is -0.835. The smallest absolute Gasteiger partial charge is 0.249 e. The van der Waals surface area contributed by atoms with Crippen LogP contribution in [0.1, 0.15) is 37.8 Å². The molecule has 4 rings (SSSR count). The highest BCUT2D eigenvalue weighted by atomic mass is 35.5. The molecule has 1 N–H and O–H groups in total. The Hall–Kier alpha value is -2.90. The molecule has 33 heavy (non-hydrogen) atoms. The quantitative estimate of drug-likeness (QED) is 0.359. The molecule has 6 nitrogen and oxygen atoms in total. The summed E-state index contributed by atoms with van der Waals surface area (Å²) in [5.41, 5.74) is 2.94. The molecule has 3 heterocycles. The molecule has 1 atom stereocenters. The Morgan fingerprint density at radius 2 is 1.94 bits per heavy atom. The van der Waals surface area contributed by atoms with Crippen LogP contribution >= 0.6 is 23.2 Å².